The van der Waals surface area contributed by atoms with E-state index in [1.54, 1.807) is 7.11 Å². The molecule has 19 heavy (non-hydrogen) atoms. The SMILES string of the molecule is COC(C)(C)CCN1C(=O)C(=O)c2ccc(F)cc21. The second-order valence-corrected chi connectivity index (χ2v) is 5.16. The molecule has 0 aliphatic carbocycles. The van der Waals surface area contributed by atoms with Crippen molar-refractivity contribution in [2.24, 2.45) is 0 Å². The van der Waals surface area contributed by atoms with Gasteiger partial charge >= 0.3 is 0 Å². The molecule has 5 heteroatoms. The number of benzene rings is 1. The molecule has 0 saturated carbocycles. The summed E-state index contributed by atoms with van der Waals surface area (Å²) in [6.07, 6.45) is 0.554. The van der Waals surface area contributed by atoms with E-state index < -0.39 is 23.1 Å². The number of carbonyl (C=O) groups is 2. The van der Waals surface area contributed by atoms with Crippen molar-refractivity contribution in [3.05, 3.63) is 29.6 Å². The molecular weight excluding hydrogens is 249 g/mol. The van der Waals surface area contributed by atoms with Gasteiger partial charge in [-0.25, -0.2) is 4.39 Å². The second kappa shape index (κ2) is 4.74. The molecule has 1 aromatic carbocycles. The zero-order chi connectivity index (χ0) is 14.2. The quantitative estimate of drug-likeness (QED) is 0.784. The summed E-state index contributed by atoms with van der Waals surface area (Å²) in [4.78, 5) is 25.0. The Labute approximate surface area is 111 Å². The number of hydrogen-bond donors (Lipinski definition) is 0. The minimum Gasteiger partial charge on any atom is -0.379 e. The number of rotatable bonds is 4. The summed E-state index contributed by atoms with van der Waals surface area (Å²) in [5.41, 5.74) is 0.211. The minimum atomic E-state index is -0.604. The highest BCUT2D eigenvalue weighted by atomic mass is 19.1. The number of methoxy groups -OCH3 is 1. The standard InChI is InChI=1S/C14H16FNO3/c1-14(2,19-3)6-7-16-11-8-9(15)4-5-10(11)12(17)13(16)18/h4-5,8H,6-7H2,1-3H3. The molecule has 2 rings (SSSR count). The number of ketones is 1. The molecule has 4 nitrogen and oxygen atoms in total. The van der Waals surface area contributed by atoms with Gasteiger partial charge in [-0.1, -0.05) is 0 Å². The highest BCUT2D eigenvalue weighted by molar-refractivity contribution is 6.52. The van der Waals surface area contributed by atoms with Gasteiger partial charge in [-0.05, 0) is 38.5 Å². The molecule has 102 valence electrons. The van der Waals surface area contributed by atoms with E-state index >= 15 is 0 Å². The molecular formula is C14H16FNO3. The van der Waals surface area contributed by atoms with Crippen LogP contribution in [-0.2, 0) is 9.53 Å². The summed E-state index contributed by atoms with van der Waals surface area (Å²) in [5, 5.41) is 0. The molecule has 0 bridgehead atoms. The first-order valence-corrected chi connectivity index (χ1v) is 6.06. The van der Waals surface area contributed by atoms with Crippen LogP contribution in [-0.4, -0.2) is 30.9 Å². The summed E-state index contributed by atoms with van der Waals surface area (Å²) >= 11 is 0. The zero-order valence-corrected chi connectivity index (χ0v) is 11.2. The fraction of sp³-hybridized carbons (Fsp3) is 0.429. The van der Waals surface area contributed by atoms with Gasteiger partial charge < -0.3 is 9.64 Å². The molecule has 1 aliphatic heterocycles. The van der Waals surface area contributed by atoms with E-state index in [0.717, 1.165) is 0 Å². The van der Waals surface area contributed by atoms with Gasteiger partial charge in [-0.3, -0.25) is 9.59 Å². The highest BCUT2D eigenvalue weighted by Gasteiger charge is 2.36. The van der Waals surface area contributed by atoms with E-state index in [-0.39, 0.29) is 5.56 Å². The van der Waals surface area contributed by atoms with Crippen molar-refractivity contribution in [1.82, 2.24) is 0 Å². The van der Waals surface area contributed by atoms with E-state index in [1.165, 1.54) is 23.1 Å². The van der Waals surface area contributed by atoms with Crippen molar-refractivity contribution < 1.29 is 18.7 Å². The number of ether oxygens (including phenoxy) is 1. The predicted octanol–water partition coefficient (Wildman–Crippen LogP) is 2.17. The maximum Gasteiger partial charge on any atom is 0.299 e. The molecule has 0 spiro atoms. The van der Waals surface area contributed by atoms with Gasteiger partial charge in [0.25, 0.3) is 11.7 Å². The monoisotopic (exact) mass is 265 g/mol. The van der Waals surface area contributed by atoms with E-state index in [4.69, 9.17) is 4.74 Å². The first-order valence-electron chi connectivity index (χ1n) is 6.06. The lowest BCUT2D eigenvalue weighted by molar-refractivity contribution is -0.114. The van der Waals surface area contributed by atoms with Crippen LogP contribution in [0.25, 0.3) is 0 Å². The Bertz CT molecular complexity index is 539. The van der Waals surface area contributed by atoms with Crippen molar-refractivity contribution in [3.63, 3.8) is 0 Å². The van der Waals surface area contributed by atoms with Crippen LogP contribution >= 0.6 is 0 Å². The van der Waals surface area contributed by atoms with Crippen molar-refractivity contribution in [2.45, 2.75) is 25.9 Å². The molecule has 0 fully saturated rings. The van der Waals surface area contributed by atoms with Crippen molar-refractivity contribution in [3.8, 4) is 0 Å². The summed E-state index contributed by atoms with van der Waals surface area (Å²) in [7, 11) is 1.59. The molecule has 1 aliphatic rings. The molecule has 1 aromatic rings. The van der Waals surface area contributed by atoms with Crippen LogP contribution < -0.4 is 4.90 Å². The molecule has 0 unspecified atom stereocenters. The van der Waals surface area contributed by atoms with E-state index in [2.05, 4.69) is 0 Å². The van der Waals surface area contributed by atoms with Gasteiger partial charge in [0.05, 0.1) is 16.9 Å². The van der Waals surface area contributed by atoms with Crippen LogP contribution in [0.5, 0.6) is 0 Å². The lowest BCUT2D eigenvalue weighted by Crippen LogP contribution is -2.35. The van der Waals surface area contributed by atoms with Crippen LogP contribution in [0, 0.1) is 5.82 Å². The Hall–Kier alpha value is -1.75. The topological polar surface area (TPSA) is 46.6 Å². The van der Waals surface area contributed by atoms with Crippen LogP contribution in [0.15, 0.2) is 18.2 Å². The van der Waals surface area contributed by atoms with Crippen LogP contribution in [0.4, 0.5) is 10.1 Å². The molecule has 0 saturated heterocycles. The Balaban J connectivity index is 2.26. The summed E-state index contributed by atoms with van der Waals surface area (Å²) in [5.74, 6) is -1.64. The molecule has 1 amide bonds. The number of nitrogens with zero attached hydrogens (tertiary/aromatic N) is 1. The maximum absolute atomic E-state index is 13.3. The Morgan fingerprint density at radius 1 is 1.32 bits per heavy atom. The summed E-state index contributed by atoms with van der Waals surface area (Å²) in [6.45, 7) is 4.10. The number of fused-ring (bicyclic) bond motifs is 1. The highest BCUT2D eigenvalue weighted by Crippen LogP contribution is 2.30. The van der Waals surface area contributed by atoms with Gasteiger partial charge in [0.1, 0.15) is 5.82 Å². The van der Waals surface area contributed by atoms with Gasteiger partial charge in [0.2, 0.25) is 0 Å². The minimum absolute atomic E-state index is 0.265. The second-order valence-electron chi connectivity index (χ2n) is 5.16. The molecule has 0 aromatic heterocycles. The fourth-order valence-electron chi connectivity index (χ4n) is 1.97. The van der Waals surface area contributed by atoms with Crippen LogP contribution in [0.1, 0.15) is 30.6 Å². The van der Waals surface area contributed by atoms with Gasteiger partial charge in [-0.15, -0.1) is 0 Å². The lowest BCUT2D eigenvalue weighted by atomic mass is 10.1. The van der Waals surface area contributed by atoms with E-state index in [1.807, 2.05) is 13.8 Å². The number of amides is 1. The van der Waals surface area contributed by atoms with Crippen molar-refractivity contribution >= 4 is 17.4 Å². The zero-order valence-electron chi connectivity index (χ0n) is 11.2. The third kappa shape index (κ3) is 2.51. The smallest absolute Gasteiger partial charge is 0.299 e. The van der Waals surface area contributed by atoms with Gasteiger partial charge in [0, 0.05) is 13.7 Å². The van der Waals surface area contributed by atoms with Gasteiger partial charge in [0.15, 0.2) is 0 Å². The number of halogens is 1. The van der Waals surface area contributed by atoms with Crippen molar-refractivity contribution in [2.75, 3.05) is 18.6 Å². The summed E-state index contributed by atoms with van der Waals surface area (Å²) < 4.78 is 18.5. The first-order chi connectivity index (χ1) is 8.85. The normalized spacial score (nSPS) is 15.1. The number of carbonyl (C=O) groups excluding carboxylic acids is 2. The average Bonchev–Trinajstić information content (AvgIpc) is 2.60. The van der Waals surface area contributed by atoms with E-state index in [0.29, 0.717) is 18.7 Å². The predicted molar refractivity (Wildman–Crippen MR) is 68.8 cm³/mol. The molecule has 0 atom stereocenters. The van der Waals surface area contributed by atoms with Gasteiger partial charge in [-0.2, -0.15) is 0 Å². The van der Waals surface area contributed by atoms with Crippen LogP contribution in [0.3, 0.4) is 0 Å². The lowest BCUT2D eigenvalue weighted by Gasteiger charge is -2.26. The average molecular weight is 265 g/mol. The molecule has 0 radical (unpaired) electrons. The Morgan fingerprint density at radius 3 is 2.63 bits per heavy atom. The summed E-state index contributed by atoms with van der Waals surface area (Å²) in [6, 6.07) is 3.76. The number of hydrogen-bond acceptors (Lipinski definition) is 3. The van der Waals surface area contributed by atoms with Crippen molar-refractivity contribution in [1.29, 1.82) is 0 Å². The first kappa shape index (κ1) is 13.7. The Kier molecular flexibility index (Phi) is 3.41. The number of anilines is 1. The maximum atomic E-state index is 13.3. The van der Waals surface area contributed by atoms with Crippen LogP contribution in [0.2, 0.25) is 0 Å². The number of Topliss-reactive ketones (excluding diaryl/α,β-unsaturated/α-hetero) is 1. The fourth-order valence-corrected chi connectivity index (χ4v) is 1.97. The molecule has 0 N–H and O–H groups in total. The third-order valence-electron chi connectivity index (χ3n) is 3.42. The third-order valence-corrected chi connectivity index (χ3v) is 3.42. The molecule has 1 heterocycles. The van der Waals surface area contributed by atoms with E-state index in [9.17, 15) is 14.0 Å². The Morgan fingerprint density at radius 2 is 2.00 bits per heavy atom. The largest absolute Gasteiger partial charge is 0.379 e.